The van der Waals surface area contributed by atoms with E-state index in [9.17, 15) is 4.79 Å². The van der Waals surface area contributed by atoms with Gasteiger partial charge in [0.15, 0.2) is 6.04 Å². The Hall–Kier alpha value is -2.13. The number of quaternary nitrogens is 1. The van der Waals surface area contributed by atoms with Gasteiger partial charge in [0, 0.05) is 17.7 Å². The SMILES string of the molecule is CCNC(=O)[C@H](C)[NH2+][C@@H](c1ccccc1)c1ccc(C)cc1. The minimum atomic E-state index is -0.133. The van der Waals surface area contributed by atoms with Crippen molar-refractivity contribution in [2.75, 3.05) is 6.54 Å². The van der Waals surface area contributed by atoms with Crippen LogP contribution in [0, 0.1) is 6.92 Å². The molecule has 0 aliphatic rings. The lowest BCUT2D eigenvalue weighted by Crippen LogP contribution is -2.92. The summed E-state index contributed by atoms with van der Waals surface area (Å²) in [4.78, 5) is 12.1. The van der Waals surface area contributed by atoms with Gasteiger partial charge in [0.1, 0.15) is 6.04 Å². The van der Waals surface area contributed by atoms with Crippen LogP contribution in [0.3, 0.4) is 0 Å². The highest BCUT2D eigenvalue weighted by atomic mass is 16.2. The van der Waals surface area contributed by atoms with E-state index in [1.165, 1.54) is 16.7 Å². The highest BCUT2D eigenvalue weighted by Gasteiger charge is 2.24. The van der Waals surface area contributed by atoms with Gasteiger partial charge in [-0.1, -0.05) is 60.2 Å². The fraction of sp³-hybridized carbons (Fsp3) is 0.316. The normalized spacial score (nSPS) is 13.4. The van der Waals surface area contributed by atoms with Gasteiger partial charge >= 0.3 is 0 Å². The Balaban J connectivity index is 2.26. The Kier molecular flexibility index (Phi) is 5.73. The summed E-state index contributed by atoms with van der Waals surface area (Å²) in [5.74, 6) is 0.0792. The number of hydrogen-bond acceptors (Lipinski definition) is 1. The molecular weight excluding hydrogens is 272 g/mol. The van der Waals surface area contributed by atoms with E-state index in [4.69, 9.17) is 0 Å². The molecule has 22 heavy (non-hydrogen) atoms. The van der Waals surface area contributed by atoms with Crippen LogP contribution in [-0.4, -0.2) is 18.5 Å². The molecule has 2 rings (SSSR count). The first-order chi connectivity index (χ1) is 10.6. The predicted molar refractivity (Wildman–Crippen MR) is 89.5 cm³/mol. The van der Waals surface area contributed by atoms with Crippen molar-refractivity contribution >= 4 is 5.91 Å². The molecule has 0 spiro atoms. The third kappa shape index (κ3) is 4.18. The molecule has 3 N–H and O–H groups in total. The van der Waals surface area contributed by atoms with Gasteiger partial charge in [-0.3, -0.25) is 4.79 Å². The second-order valence-electron chi connectivity index (χ2n) is 5.67. The van der Waals surface area contributed by atoms with Gasteiger partial charge in [0.25, 0.3) is 5.91 Å². The number of amides is 1. The number of rotatable bonds is 6. The number of aryl methyl sites for hydroxylation is 1. The number of carbonyl (C=O) groups excluding carboxylic acids is 1. The van der Waals surface area contributed by atoms with Gasteiger partial charge in [-0.05, 0) is 20.8 Å². The lowest BCUT2D eigenvalue weighted by molar-refractivity contribution is -0.704. The fourth-order valence-corrected chi connectivity index (χ4v) is 2.56. The molecule has 0 saturated carbocycles. The molecule has 2 aromatic rings. The molecule has 0 aliphatic heterocycles. The maximum atomic E-state index is 12.1. The average Bonchev–Trinajstić information content (AvgIpc) is 2.54. The Morgan fingerprint density at radius 2 is 1.64 bits per heavy atom. The van der Waals surface area contributed by atoms with Crippen LogP contribution in [0.4, 0.5) is 0 Å². The Morgan fingerprint density at radius 1 is 1.05 bits per heavy atom. The fourth-order valence-electron chi connectivity index (χ4n) is 2.56. The molecule has 0 aromatic heterocycles. The van der Waals surface area contributed by atoms with Crippen molar-refractivity contribution in [3.05, 3.63) is 71.3 Å². The van der Waals surface area contributed by atoms with Crippen molar-refractivity contribution < 1.29 is 10.1 Å². The Bertz CT molecular complexity index is 593. The third-order valence-corrected chi connectivity index (χ3v) is 3.84. The van der Waals surface area contributed by atoms with Crippen LogP contribution < -0.4 is 10.6 Å². The van der Waals surface area contributed by atoms with Crippen molar-refractivity contribution in [1.82, 2.24) is 5.32 Å². The quantitative estimate of drug-likeness (QED) is 0.843. The zero-order valence-corrected chi connectivity index (χ0v) is 13.5. The molecule has 0 unspecified atom stereocenters. The summed E-state index contributed by atoms with van der Waals surface area (Å²) in [5, 5.41) is 5.02. The largest absolute Gasteiger partial charge is 0.351 e. The van der Waals surface area contributed by atoms with E-state index in [0.29, 0.717) is 6.54 Å². The van der Waals surface area contributed by atoms with Gasteiger partial charge < -0.3 is 10.6 Å². The van der Waals surface area contributed by atoms with Crippen molar-refractivity contribution in [2.45, 2.75) is 32.9 Å². The summed E-state index contributed by atoms with van der Waals surface area (Å²) in [6, 6.07) is 18.9. The number of carbonyl (C=O) groups is 1. The molecule has 0 bridgehead atoms. The van der Waals surface area contributed by atoms with E-state index in [1.54, 1.807) is 0 Å². The highest BCUT2D eigenvalue weighted by molar-refractivity contribution is 5.79. The molecule has 3 nitrogen and oxygen atoms in total. The maximum Gasteiger partial charge on any atom is 0.277 e. The summed E-state index contributed by atoms with van der Waals surface area (Å²) in [7, 11) is 0. The molecule has 2 aromatic carbocycles. The van der Waals surface area contributed by atoms with Crippen LogP contribution in [0.2, 0.25) is 0 Å². The van der Waals surface area contributed by atoms with E-state index < -0.39 is 0 Å². The van der Waals surface area contributed by atoms with Crippen LogP contribution in [0.15, 0.2) is 54.6 Å². The number of hydrogen-bond donors (Lipinski definition) is 2. The zero-order valence-electron chi connectivity index (χ0n) is 13.5. The second kappa shape index (κ2) is 7.76. The van der Waals surface area contributed by atoms with Crippen LogP contribution in [-0.2, 0) is 4.79 Å². The molecule has 3 heteroatoms. The average molecular weight is 297 g/mol. The summed E-state index contributed by atoms with van der Waals surface area (Å²) < 4.78 is 0. The first kappa shape index (κ1) is 16.2. The van der Waals surface area contributed by atoms with Gasteiger partial charge in [-0.25, -0.2) is 0 Å². The molecule has 0 fully saturated rings. The van der Waals surface area contributed by atoms with Gasteiger partial charge in [0.05, 0.1) is 0 Å². The number of nitrogens with two attached hydrogens (primary N) is 1. The molecule has 0 heterocycles. The lowest BCUT2D eigenvalue weighted by atomic mass is 9.97. The first-order valence-electron chi connectivity index (χ1n) is 7.86. The van der Waals surface area contributed by atoms with Gasteiger partial charge in [0.2, 0.25) is 0 Å². The molecule has 2 atom stereocenters. The Labute approximate surface area is 132 Å². The second-order valence-corrected chi connectivity index (χ2v) is 5.67. The van der Waals surface area contributed by atoms with Crippen molar-refractivity contribution in [3.8, 4) is 0 Å². The van der Waals surface area contributed by atoms with Crippen LogP contribution in [0.5, 0.6) is 0 Å². The van der Waals surface area contributed by atoms with E-state index in [1.807, 2.05) is 32.0 Å². The molecule has 1 amide bonds. The van der Waals surface area contributed by atoms with E-state index in [-0.39, 0.29) is 18.0 Å². The Morgan fingerprint density at radius 3 is 2.23 bits per heavy atom. The van der Waals surface area contributed by atoms with Crippen LogP contribution in [0.1, 0.15) is 36.6 Å². The van der Waals surface area contributed by atoms with Gasteiger partial charge in [-0.2, -0.15) is 0 Å². The first-order valence-corrected chi connectivity index (χ1v) is 7.86. The lowest BCUT2D eigenvalue weighted by Gasteiger charge is -2.20. The summed E-state index contributed by atoms with van der Waals surface area (Å²) in [6.45, 7) is 6.65. The van der Waals surface area contributed by atoms with Gasteiger partial charge in [-0.15, -0.1) is 0 Å². The summed E-state index contributed by atoms with van der Waals surface area (Å²) in [6.07, 6.45) is 0. The summed E-state index contributed by atoms with van der Waals surface area (Å²) >= 11 is 0. The molecule has 0 aliphatic carbocycles. The van der Waals surface area contributed by atoms with Crippen LogP contribution in [0.25, 0.3) is 0 Å². The molecule has 116 valence electrons. The maximum absolute atomic E-state index is 12.1. The smallest absolute Gasteiger partial charge is 0.277 e. The zero-order chi connectivity index (χ0) is 15.9. The highest BCUT2D eigenvalue weighted by Crippen LogP contribution is 2.18. The predicted octanol–water partition coefficient (Wildman–Crippen LogP) is 2.17. The number of nitrogens with one attached hydrogen (secondary N) is 1. The number of benzene rings is 2. The van der Waals surface area contributed by atoms with E-state index in [0.717, 1.165) is 0 Å². The monoisotopic (exact) mass is 297 g/mol. The van der Waals surface area contributed by atoms with Crippen molar-refractivity contribution in [2.24, 2.45) is 0 Å². The van der Waals surface area contributed by atoms with Crippen molar-refractivity contribution in [3.63, 3.8) is 0 Å². The topological polar surface area (TPSA) is 45.7 Å². The standard InChI is InChI=1S/C19H24N2O/c1-4-20-19(22)15(3)21-18(16-8-6-5-7-9-16)17-12-10-14(2)11-13-17/h5-13,15,18,21H,4H2,1-3H3,(H,20,22)/p+1/t15-,18-/m0/s1. The molecule has 0 saturated heterocycles. The van der Waals surface area contributed by atoms with Crippen molar-refractivity contribution in [1.29, 1.82) is 0 Å². The minimum Gasteiger partial charge on any atom is -0.351 e. The van der Waals surface area contributed by atoms with E-state index in [2.05, 4.69) is 54.0 Å². The van der Waals surface area contributed by atoms with Crippen LogP contribution >= 0.6 is 0 Å². The van der Waals surface area contributed by atoms with E-state index >= 15 is 0 Å². The molecule has 0 radical (unpaired) electrons. The molecular formula is C19H25N2O+. The summed E-state index contributed by atoms with van der Waals surface area (Å²) in [5.41, 5.74) is 3.67. The minimum absolute atomic E-state index is 0.0792. The third-order valence-electron chi connectivity index (χ3n) is 3.84. The number of likely N-dealkylation sites (N-methyl/N-ethyl adjacent to an activating group) is 1.